The number of alkyl halides is 1. The van der Waals surface area contributed by atoms with Crippen LogP contribution in [0.2, 0.25) is 0 Å². The SMILES string of the molecule is CC1=C(N2CCC3(CCN(C[C@@H](Cl)c4ccc5c(c4C)COC5=O)CC3)C2=O)COC1=O. The Kier molecular flexibility index (Phi) is 5.29. The molecule has 2 fully saturated rings. The molecule has 0 radical (unpaired) electrons. The van der Waals surface area contributed by atoms with Crippen molar-refractivity contribution < 1.29 is 23.9 Å². The molecule has 4 aliphatic rings. The van der Waals surface area contributed by atoms with Crippen LogP contribution < -0.4 is 0 Å². The van der Waals surface area contributed by atoms with Crippen molar-refractivity contribution in [2.45, 2.75) is 45.1 Å². The lowest BCUT2D eigenvalue weighted by molar-refractivity contribution is -0.138. The molecule has 0 saturated carbocycles. The van der Waals surface area contributed by atoms with Gasteiger partial charge in [-0.15, -0.1) is 11.6 Å². The summed E-state index contributed by atoms with van der Waals surface area (Å²) in [5, 5.41) is -0.199. The molecule has 4 aliphatic heterocycles. The highest BCUT2D eigenvalue weighted by atomic mass is 35.5. The van der Waals surface area contributed by atoms with Gasteiger partial charge >= 0.3 is 11.9 Å². The number of rotatable bonds is 4. The number of carbonyl (C=O) groups excluding carboxylic acids is 3. The number of amides is 1. The average molecular weight is 459 g/mol. The zero-order chi connectivity index (χ0) is 22.6. The molecule has 0 unspecified atom stereocenters. The Morgan fingerprint density at radius 2 is 1.69 bits per heavy atom. The lowest BCUT2D eigenvalue weighted by atomic mass is 9.77. The first kappa shape index (κ1) is 21.5. The van der Waals surface area contributed by atoms with Gasteiger partial charge in [0.15, 0.2) is 0 Å². The van der Waals surface area contributed by atoms with Crippen LogP contribution >= 0.6 is 11.6 Å². The number of hydrogen-bond acceptors (Lipinski definition) is 6. The Bertz CT molecular complexity index is 1040. The van der Waals surface area contributed by atoms with Gasteiger partial charge in [0.1, 0.15) is 13.2 Å². The van der Waals surface area contributed by atoms with Crippen molar-refractivity contribution in [2.24, 2.45) is 5.41 Å². The van der Waals surface area contributed by atoms with E-state index in [9.17, 15) is 14.4 Å². The maximum Gasteiger partial charge on any atom is 0.338 e. The fraction of sp³-hybridized carbons (Fsp3) is 0.542. The van der Waals surface area contributed by atoms with Crippen LogP contribution in [-0.4, -0.2) is 60.4 Å². The molecular formula is C24H27ClN2O5. The minimum Gasteiger partial charge on any atom is -0.457 e. The number of halogens is 1. The van der Waals surface area contributed by atoms with Crippen molar-refractivity contribution >= 4 is 29.4 Å². The van der Waals surface area contributed by atoms with Crippen molar-refractivity contribution in [1.82, 2.24) is 9.80 Å². The van der Waals surface area contributed by atoms with Crippen LogP contribution in [0.5, 0.6) is 0 Å². The molecule has 1 amide bonds. The molecule has 1 aromatic carbocycles. The number of benzene rings is 1. The van der Waals surface area contributed by atoms with E-state index in [4.69, 9.17) is 21.1 Å². The normalized spacial score (nSPS) is 23.7. The summed E-state index contributed by atoms with van der Waals surface area (Å²) in [6.45, 7) is 7.19. The summed E-state index contributed by atoms with van der Waals surface area (Å²) in [5.74, 6) is -0.460. The van der Waals surface area contributed by atoms with E-state index in [1.165, 1.54) is 0 Å². The Balaban J connectivity index is 1.23. The maximum absolute atomic E-state index is 13.3. The molecule has 0 aliphatic carbocycles. The molecule has 32 heavy (non-hydrogen) atoms. The van der Waals surface area contributed by atoms with E-state index in [1.54, 1.807) is 11.8 Å². The highest BCUT2D eigenvalue weighted by Crippen LogP contribution is 2.44. The highest BCUT2D eigenvalue weighted by molar-refractivity contribution is 6.21. The largest absolute Gasteiger partial charge is 0.457 e. The van der Waals surface area contributed by atoms with Gasteiger partial charge in [-0.25, -0.2) is 9.59 Å². The van der Waals surface area contributed by atoms with Crippen molar-refractivity contribution in [3.8, 4) is 0 Å². The number of cyclic esters (lactones) is 2. The van der Waals surface area contributed by atoms with Crippen molar-refractivity contribution in [2.75, 3.05) is 32.8 Å². The molecule has 0 bridgehead atoms. The molecule has 5 rings (SSSR count). The predicted molar refractivity (Wildman–Crippen MR) is 117 cm³/mol. The number of carbonyl (C=O) groups is 3. The second-order valence-corrected chi connectivity index (χ2v) is 9.81. The number of nitrogens with zero attached hydrogens (tertiary/aromatic N) is 2. The first-order valence-corrected chi connectivity index (χ1v) is 11.6. The highest BCUT2D eigenvalue weighted by Gasteiger charge is 2.50. The minimum absolute atomic E-state index is 0.131. The zero-order valence-electron chi connectivity index (χ0n) is 18.4. The van der Waals surface area contributed by atoms with E-state index in [1.807, 2.05) is 19.1 Å². The second-order valence-electron chi connectivity index (χ2n) is 9.29. The average Bonchev–Trinajstić information content (AvgIpc) is 3.42. The number of esters is 2. The third kappa shape index (κ3) is 3.33. The van der Waals surface area contributed by atoms with Crippen LogP contribution in [0.1, 0.15) is 58.6 Å². The maximum atomic E-state index is 13.3. The third-order valence-corrected chi connectivity index (χ3v) is 8.07. The first-order chi connectivity index (χ1) is 15.3. The van der Waals surface area contributed by atoms with Crippen molar-refractivity contribution in [3.63, 3.8) is 0 Å². The lowest BCUT2D eigenvalue weighted by Crippen LogP contribution is -2.45. The van der Waals surface area contributed by atoms with Crippen LogP contribution in [0, 0.1) is 12.3 Å². The molecule has 0 aromatic heterocycles. The monoisotopic (exact) mass is 458 g/mol. The van der Waals surface area contributed by atoms with Gasteiger partial charge in [0.2, 0.25) is 5.91 Å². The molecule has 2 saturated heterocycles. The molecular weight excluding hydrogens is 432 g/mol. The Hall–Kier alpha value is -2.38. The number of hydrogen-bond donors (Lipinski definition) is 0. The predicted octanol–water partition coefficient (Wildman–Crippen LogP) is 3.09. The van der Waals surface area contributed by atoms with Gasteiger partial charge in [-0.3, -0.25) is 4.79 Å². The molecule has 7 nitrogen and oxygen atoms in total. The molecule has 0 N–H and O–H groups in total. The first-order valence-electron chi connectivity index (χ1n) is 11.2. The number of likely N-dealkylation sites (tertiary alicyclic amines) is 2. The summed E-state index contributed by atoms with van der Waals surface area (Å²) < 4.78 is 10.3. The summed E-state index contributed by atoms with van der Waals surface area (Å²) in [7, 11) is 0. The molecule has 1 aromatic rings. The van der Waals surface area contributed by atoms with Gasteiger partial charge in [-0.1, -0.05) is 6.07 Å². The van der Waals surface area contributed by atoms with E-state index < -0.39 is 0 Å². The van der Waals surface area contributed by atoms with Gasteiger partial charge in [-0.05, 0) is 63.4 Å². The van der Waals surface area contributed by atoms with Crippen LogP contribution in [-0.2, 0) is 25.7 Å². The molecule has 1 spiro atoms. The second kappa shape index (κ2) is 7.89. The van der Waals surface area contributed by atoms with Crippen LogP contribution in [0.4, 0.5) is 0 Å². The van der Waals surface area contributed by atoms with Gasteiger partial charge in [-0.2, -0.15) is 0 Å². The number of piperidine rings is 1. The van der Waals surface area contributed by atoms with E-state index in [-0.39, 0.29) is 35.2 Å². The third-order valence-electron chi connectivity index (χ3n) is 7.69. The summed E-state index contributed by atoms with van der Waals surface area (Å²) in [4.78, 5) is 40.9. The molecule has 1 atom stereocenters. The summed E-state index contributed by atoms with van der Waals surface area (Å²) in [6.07, 6.45) is 2.39. The summed E-state index contributed by atoms with van der Waals surface area (Å²) >= 11 is 6.81. The van der Waals surface area contributed by atoms with E-state index in [0.29, 0.717) is 30.8 Å². The smallest absolute Gasteiger partial charge is 0.338 e. The zero-order valence-corrected chi connectivity index (χ0v) is 19.2. The van der Waals surface area contributed by atoms with E-state index >= 15 is 0 Å². The lowest BCUT2D eigenvalue weighted by Gasteiger charge is -2.38. The summed E-state index contributed by atoms with van der Waals surface area (Å²) in [5.41, 5.74) is 4.56. The van der Waals surface area contributed by atoms with Crippen LogP contribution in [0.15, 0.2) is 23.4 Å². The van der Waals surface area contributed by atoms with Crippen LogP contribution in [0.3, 0.4) is 0 Å². The fourth-order valence-electron chi connectivity index (χ4n) is 5.49. The Morgan fingerprint density at radius 3 is 2.38 bits per heavy atom. The van der Waals surface area contributed by atoms with E-state index in [2.05, 4.69) is 4.90 Å². The van der Waals surface area contributed by atoms with Crippen molar-refractivity contribution in [3.05, 3.63) is 45.7 Å². The van der Waals surface area contributed by atoms with Gasteiger partial charge in [0, 0.05) is 18.7 Å². The van der Waals surface area contributed by atoms with Crippen molar-refractivity contribution in [1.29, 1.82) is 0 Å². The van der Waals surface area contributed by atoms with Crippen LogP contribution in [0.25, 0.3) is 0 Å². The van der Waals surface area contributed by atoms with Gasteiger partial charge in [0.25, 0.3) is 0 Å². The molecule has 4 heterocycles. The topological polar surface area (TPSA) is 76.2 Å². The van der Waals surface area contributed by atoms with E-state index in [0.717, 1.165) is 54.7 Å². The van der Waals surface area contributed by atoms with Gasteiger partial charge < -0.3 is 19.3 Å². The number of fused-ring (bicyclic) bond motifs is 1. The minimum atomic E-state index is -0.349. The van der Waals surface area contributed by atoms with Gasteiger partial charge in [0.05, 0.1) is 27.6 Å². The Labute approximate surface area is 192 Å². The standard InChI is InChI=1S/C24H27ClN2O5/c1-14-16(3-4-17-18(14)12-31-22(17)29)19(25)11-26-8-5-24(6-9-26)7-10-27(23(24)30)20-13-32-21(28)15(20)2/h3-4,19H,5-13H2,1-2H3/t19-/m1/s1. The molecule has 8 heteroatoms. The fourth-order valence-corrected chi connectivity index (χ4v) is 5.92. The Morgan fingerprint density at radius 1 is 1.00 bits per heavy atom. The quantitative estimate of drug-likeness (QED) is 0.509. The molecule has 170 valence electrons. The number of ether oxygens (including phenoxy) is 2. The summed E-state index contributed by atoms with van der Waals surface area (Å²) in [6, 6.07) is 3.75.